The van der Waals surface area contributed by atoms with Crippen LogP contribution in [0.4, 0.5) is 0 Å². The van der Waals surface area contributed by atoms with Gasteiger partial charge in [0, 0.05) is 6.42 Å². The Labute approximate surface area is 131 Å². The van der Waals surface area contributed by atoms with Gasteiger partial charge in [0.05, 0.1) is 5.60 Å². The van der Waals surface area contributed by atoms with Crippen LogP contribution >= 0.6 is 0 Å². The van der Waals surface area contributed by atoms with E-state index in [1.165, 1.54) is 0 Å². The lowest BCUT2D eigenvalue weighted by molar-refractivity contribution is -0.0808. The minimum atomic E-state index is -1.13. The number of rotatable bonds is 7. The molecule has 120 valence electrons. The Bertz CT molecular complexity index is 386. The average Bonchev–Trinajstić information content (AvgIpc) is 2.81. The fourth-order valence-electron chi connectivity index (χ4n) is 2.58. The Morgan fingerprint density at radius 3 is 2.57 bits per heavy atom. The summed E-state index contributed by atoms with van der Waals surface area (Å²) in [4.78, 5) is 0. The van der Waals surface area contributed by atoms with Gasteiger partial charge < -0.3 is 9.84 Å². The molecule has 0 radical (unpaired) electrons. The van der Waals surface area contributed by atoms with E-state index in [1.807, 2.05) is 6.08 Å². The molecule has 0 aromatic carbocycles. The van der Waals surface area contributed by atoms with Crippen LogP contribution in [-0.4, -0.2) is 22.4 Å². The maximum atomic E-state index is 11.0. The first-order chi connectivity index (χ1) is 9.93. The molecule has 0 saturated carbocycles. The van der Waals surface area contributed by atoms with Crippen LogP contribution < -0.4 is 0 Å². The van der Waals surface area contributed by atoms with Crippen molar-refractivity contribution in [2.75, 3.05) is 0 Å². The molecule has 1 heterocycles. The molecule has 0 aromatic rings. The van der Waals surface area contributed by atoms with Gasteiger partial charge in [0.2, 0.25) is 0 Å². The zero-order chi connectivity index (χ0) is 15.8. The SMILES string of the molecule is CCCCC#C[C@](O)(/C=C/CCCC)[C@@H]1CCC(C)(C)O1. The Morgan fingerprint density at radius 2 is 2.00 bits per heavy atom. The summed E-state index contributed by atoms with van der Waals surface area (Å²) in [5.74, 6) is 6.22. The van der Waals surface area contributed by atoms with Crippen LogP contribution in [0.15, 0.2) is 12.2 Å². The van der Waals surface area contributed by atoms with E-state index in [0.717, 1.165) is 51.4 Å². The molecule has 21 heavy (non-hydrogen) atoms. The summed E-state index contributed by atoms with van der Waals surface area (Å²) in [5.41, 5.74) is -1.28. The number of ether oxygens (including phenoxy) is 1. The van der Waals surface area contributed by atoms with Gasteiger partial charge in [0.25, 0.3) is 0 Å². The van der Waals surface area contributed by atoms with Crippen LogP contribution in [0.25, 0.3) is 0 Å². The maximum absolute atomic E-state index is 11.0. The largest absolute Gasteiger partial charge is 0.371 e. The number of hydrogen-bond acceptors (Lipinski definition) is 2. The topological polar surface area (TPSA) is 29.5 Å². The molecule has 0 aliphatic carbocycles. The maximum Gasteiger partial charge on any atom is 0.170 e. The van der Waals surface area contributed by atoms with E-state index in [4.69, 9.17) is 4.74 Å². The molecule has 2 nitrogen and oxygen atoms in total. The number of hydrogen-bond donors (Lipinski definition) is 1. The molecule has 0 spiro atoms. The highest BCUT2D eigenvalue weighted by Gasteiger charge is 2.42. The Kier molecular flexibility index (Phi) is 7.49. The van der Waals surface area contributed by atoms with Gasteiger partial charge in [0.15, 0.2) is 5.60 Å². The van der Waals surface area contributed by atoms with Gasteiger partial charge in [-0.15, -0.1) is 0 Å². The van der Waals surface area contributed by atoms with Crippen LogP contribution in [0.1, 0.15) is 79.1 Å². The standard InChI is InChI=1S/C19H32O2/c1-5-7-9-11-14-19(20,15-12-10-8-6-2)17-13-16-18(3,4)21-17/h11,14,17,20H,5-10,13,16H2,1-4H3/b14-11+/t17-,19+/m0/s1. The summed E-state index contributed by atoms with van der Waals surface area (Å²) < 4.78 is 6.02. The summed E-state index contributed by atoms with van der Waals surface area (Å²) in [6.45, 7) is 8.49. The summed E-state index contributed by atoms with van der Waals surface area (Å²) in [6.07, 6.45) is 11.9. The summed E-state index contributed by atoms with van der Waals surface area (Å²) in [5, 5.41) is 11.0. The van der Waals surface area contributed by atoms with Crippen molar-refractivity contribution in [1.82, 2.24) is 0 Å². The number of aliphatic hydroxyl groups is 1. The second-order valence-electron chi connectivity index (χ2n) is 6.68. The van der Waals surface area contributed by atoms with E-state index >= 15 is 0 Å². The smallest absolute Gasteiger partial charge is 0.170 e. The van der Waals surface area contributed by atoms with Gasteiger partial charge in [-0.2, -0.15) is 0 Å². The molecule has 1 aliphatic rings. The molecular formula is C19H32O2. The van der Waals surface area contributed by atoms with Crippen molar-refractivity contribution in [3.05, 3.63) is 12.2 Å². The second kappa shape index (κ2) is 8.61. The van der Waals surface area contributed by atoms with Crippen molar-refractivity contribution in [3.8, 4) is 11.8 Å². The average molecular weight is 292 g/mol. The van der Waals surface area contributed by atoms with Crippen LogP contribution in [-0.2, 0) is 4.74 Å². The predicted molar refractivity (Wildman–Crippen MR) is 89.1 cm³/mol. The van der Waals surface area contributed by atoms with E-state index in [-0.39, 0.29) is 11.7 Å². The molecule has 1 N–H and O–H groups in total. The van der Waals surface area contributed by atoms with Gasteiger partial charge in [-0.25, -0.2) is 0 Å². The van der Waals surface area contributed by atoms with Gasteiger partial charge in [-0.1, -0.05) is 51.0 Å². The van der Waals surface area contributed by atoms with Gasteiger partial charge in [-0.05, 0) is 45.6 Å². The molecule has 0 bridgehead atoms. The minimum Gasteiger partial charge on any atom is -0.371 e. The van der Waals surface area contributed by atoms with E-state index in [1.54, 1.807) is 0 Å². The lowest BCUT2D eigenvalue weighted by Gasteiger charge is -2.28. The molecule has 1 aliphatic heterocycles. The molecule has 0 aromatic heterocycles. The summed E-state index contributed by atoms with van der Waals surface area (Å²) in [6, 6.07) is 0. The van der Waals surface area contributed by atoms with Gasteiger partial charge in [-0.3, -0.25) is 0 Å². The lowest BCUT2D eigenvalue weighted by Crippen LogP contribution is -2.40. The van der Waals surface area contributed by atoms with Gasteiger partial charge >= 0.3 is 0 Å². The molecule has 0 unspecified atom stereocenters. The zero-order valence-electron chi connectivity index (χ0n) is 14.2. The van der Waals surface area contributed by atoms with Gasteiger partial charge in [0.1, 0.15) is 6.10 Å². The van der Waals surface area contributed by atoms with Crippen molar-refractivity contribution >= 4 is 0 Å². The fraction of sp³-hybridized carbons (Fsp3) is 0.789. The highest BCUT2D eigenvalue weighted by Crippen LogP contribution is 2.35. The summed E-state index contributed by atoms with van der Waals surface area (Å²) >= 11 is 0. The van der Waals surface area contributed by atoms with Crippen LogP contribution in [0, 0.1) is 11.8 Å². The quantitative estimate of drug-likeness (QED) is 0.421. The Morgan fingerprint density at radius 1 is 1.29 bits per heavy atom. The first-order valence-corrected chi connectivity index (χ1v) is 8.51. The normalized spacial score (nSPS) is 23.8. The zero-order valence-corrected chi connectivity index (χ0v) is 14.2. The third-order valence-corrected chi connectivity index (χ3v) is 4.00. The molecule has 1 rings (SSSR count). The molecule has 1 saturated heterocycles. The minimum absolute atomic E-state index is 0.152. The monoisotopic (exact) mass is 292 g/mol. The highest BCUT2D eigenvalue weighted by atomic mass is 16.5. The first kappa shape index (κ1) is 18.3. The van der Waals surface area contributed by atoms with E-state index in [0.29, 0.717) is 0 Å². The Hall–Kier alpha value is -0.780. The second-order valence-corrected chi connectivity index (χ2v) is 6.68. The van der Waals surface area contributed by atoms with E-state index in [2.05, 4.69) is 45.6 Å². The van der Waals surface area contributed by atoms with Crippen molar-refractivity contribution < 1.29 is 9.84 Å². The molecular weight excluding hydrogens is 260 g/mol. The molecule has 0 amide bonds. The fourth-order valence-corrected chi connectivity index (χ4v) is 2.58. The van der Waals surface area contributed by atoms with Crippen LogP contribution in [0.2, 0.25) is 0 Å². The molecule has 1 fully saturated rings. The predicted octanol–water partition coefficient (Wildman–Crippen LogP) is 4.62. The molecule has 2 atom stereocenters. The first-order valence-electron chi connectivity index (χ1n) is 8.51. The van der Waals surface area contributed by atoms with Crippen molar-refractivity contribution in [2.24, 2.45) is 0 Å². The van der Waals surface area contributed by atoms with Crippen molar-refractivity contribution in [1.29, 1.82) is 0 Å². The third-order valence-electron chi connectivity index (χ3n) is 4.00. The van der Waals surface area contributed by atoms with Crippen molar-refractivity contribution in [3.63, 3.8) is 0 Å². The third kappa shape index (κ3) is 6.24. The van der Waals surface area contributed by atoms with Crippen LogP contribution in [0.3, 0.4) is 0 Å². The summed E-state index contributed by atoms with van der Waals surface area (Å²) in [7, 11) is 0. The Balaban J connectivity index is 2.77. The van der Waals surface area contributed by atoms with Crippen molar-refractivity contribution in [2.45, 2.75) is 96.4 Å². The number of allylic oxidation sites excluding steroid dienone is 1. The highest BCUT2D eigenvalue weighted by molar-refractivity contribution is 5.26. The molecule has 2 heteroatoms. The number of unbranched alkanes of at least 4 members (excludes halogenated alkanes) is 4. The van der Waals surface area contributed by atoms with Crippen LogP contribution in [0.5, 0.6) is 0 Å². The lowest BCUT2D eigenvalue weighted by atomic mass is 9.92. The van der Waals surface area contributed by atoms with E-state index in [9.17, 15) is 5.11 Å². The van der Waals surface area contributed by atoms with E-state index < -0.39 is 5.60 Å².